The first-order valence-corrected chi connectivity index (χ1v) is 4.05. The number of rotatable bonds is 0. The minimum atomic E-state index is -0.735. The maximum absolute atomic E-state index is 9.46. The first-order chi connectivity index (χ1) is 5.04. The molecule has 0 aliphatic carbocycles. The third kappa shape index (κ3) is 1.55. The number of ether oxygens (including phenoxy) is 1. The Hall–Kier alpha value is -0.120. The van der Waals surface area contributed by atoms with Crippen molar-refractivity contribution in [2.75, 3.05) is 0 Å². The zero-order chi connectivity index (χ0) is 8.59. The predicted molar refractivity (Wildman–Crippen MR) is 41.2 cm³/mol. The summed E-state index contributed by atoms with van der Waals surface area (Å²) < 4.78 is 5.37. The summed E-state index contributed by atoms with van der Waals surface area (Å²) in [5.41, 5.74) is 0. The minimum absolute atomic E-state index is 0.0150. The first kappa shape index (κ1) is 8.97. The van der Waals surface area contributed by atoms with Gasteiger partial charge < -0.3 is 14.9 Å². The molecule has 0 aromatic rings. The Labute approximate surface area is 67.0 Å². The predicted octanol–water partition coefficient (Wildman–Crippen LogP) is 0.151. The quantitative estimate of drug-likeness (QED) is 0.530. The van der Waals surface area contributed by atoms with Crippen LogP contribution in [0.15, 0.2) is 0 Å². The zero-order valence-corrected chi connectivity index (χ0v) is 7.19. The standard InChI is InChI=1S/C8H16O3/c1-4-5(2)11-6(3)8(10)7(4)9/h4-10H,1-3H3/t4-,5?,6-,7-,8?/m0/s1. The lowest BCUT2D eigenvalue weighted by molar-refractivity contribution is -0.184. The molecule has 0 radical (unpaired) electrons. The summed E-state index contributed by atoms with van der Waals surface area (Å²) in [7, 11) is 0. The van der Waals surface area contributed by atoms with Gasteiger partial charge in [-0.3, -0.25) is 0 Å². The lowest BCUT2D eigenvalue weighted by Gasteiger charge is -2.38. The van der Waals surface area contributed by atoms with E-state index >= 15 is 0 Å². The van der Waals surface area contributed by atoms with Crippen LogP contribution in [0, 0.1) is 5.92 Å². The molecule has 11 heavy (non-hydrogen) atoms. The molecule has 1 saturated heterocycles. The molecule has 3 heteroatoms. The summed E-state index contributed by atoms with van der Waals surface area (Å²) in [6, 6.07) is 0. The second-order valence-corrected chi connectivity index (χ2v) is 3.39. The van der Waals surface area contributed by atoms with Crippen LogP contribution in [0.4, 0.5) is 0 Å². The lowest BCUT2D eigenvalue weighted by Crippen LogP contribution is -2.51. The molecule has 0 amide bonds. The number of aliphatic hydroxyl groups excluding tert-OH is 2. The van der Waals surface area contributed by atoms with Crippen molar-refractivity contribution in [3.8, 4) is 0 Å². The summed E-state index contributed by atoms with van der Waals surface area (Å²) in [5.74, 6) is 0.0150. The van der Waals surface area contributed by atoms with Crippen molar-refractivity contribution in [1.29, 1.82) is 0 Å². The van der Waals surface area contributed by atoms with Gasteiger partial charge in [0.15, 0.2) is 0 Å². The Kier molecular flexibility index (Phi) is 2.52. The highest BCUT2D eigenvalue weighted by Gasteiger charge is 2.37. The van der Waals surface area contributed by atoms with Crippen LogP contribution < -0.4 is 0 Å². The Morgan fingerprint density at radius 1 is 0.909 bits per heavy atom. The third-order valence-corrected chi connectivity index (χ3v) is 2.54. The Balaban J connectivity index is 2.63. The van der Waals surface area contributed by atoms with Crippen molar-refractivity contribution in [1.82, 2.24) is 0 Å². The molecule has 0 bridgehead atoms. The fraction of sp³-hybridized carbons (Fsp3) is 1.00. The van der Waals surface area contributed by atoms with Crippen LogP contribution in [0.2, 0.25) is 0 Å². The van der Waals surface area contributed by atoms with Crippen molar-refractivity contribution in [2.45, 2.75) is 45.2 Å². The number of hydrogen-bond acceptors (Lipinski definition) is 3. The fourth-order valence-electron chi connectivity index (χ4n) is 1.41. The molecule has 0 spiro atoms. The highest BCUT2D eigenvalue weighted by molar-refractivity contribution is 4.86. The van der Waals surface area contributed by atoms with Crippen LogP contribution in [0.5, 0.6) is 0 Å². The molecule has 1 aliphatic heterocycles. The van der Waals surface area contributed by atoms with E-state index in [1.165, 1.54) is 0 Å². The molecule has 2 N–H and O–H groups in total. The van der Waals surface area contributed by atoms with E-state index in [1.807, 2.05) is 13.8 Å². The lowest BCUT2D eigenvalue weighted by atomic mass is 9.89. The molecule has 66 valence electrons. The molecule has 0 saturated carbocycles. The molecule has 1 aliphatic rings. The molecule has 1 heterocycles. The molecule has 0 aromatic carbocycles. The van der Waals surface area contributed by atoms with E-state index in [4.69, 9.17) is 4.74 Å². The van der Waals surface area contributed by atoms with Gasteiger partial charge in [0, 0.05) is 5.92 Å². The number of aliphatic hydroxyl groups is 2. The normalized spacial score (nSPS) is 52.6. The SMILES string of the molecule is CC1O[C@@H](C)C(O)[C@@H](O)[C@H]1C. The van der Waals surface area contributed by atoms with Crippen molar-refractivity contribution < 1.29 is 14.9 Å². The molecule has 3 nitrogen and oxygen atoms in total. The highest BCUT2D eigenvalue weighted by Crippen LogP contribution is 2.24. The van der Waals surface area contributed by atoms with Crippen molar-refractivity contribution in [3.05, 3.63) is 0 Å². The Morgan fingerprint density at radius 3 is 2.00 bits per heavy atom. The maximum atomic E-state index is 9.46. The summed E-state index contributed by atoms with van der Waals surface area (Å²) in [4.78, 5) is 0. The summed E-state index contributed by atoms with van der Waals surface area (Å²) in [6.07, 6.45) is -1.60. The Bertz CT molecular complexity index is 123. The van der Waals surface area contributed by atoms with Gasteiger partial charge in [0.1, 0.15) is 6.10 Å². The molecule has 1 fully saturated rings. The van der Waals surface area contributed by atoms with E-state index in [1.54, 1.807) is 6.92 Å². The zero-order valence-electron chi connectivity index (χ0n) is 7.19. The monoisotopic (exact) mass is 160 g/mol. The Morgan fingerprint density at radius 2 is 1.45 bits per heavy atom. The van der Waals surface area contributed by atoms with Gasteiger partial charge in [-0.15, -0.1) is 0 Å². The van der Waals surface area contributed by atoms with E-state index in [0.717, 1.165) is 0 Å². The smallest absolute Gasteiger partial charge is 0.106 e. The molecular weight excluding hydrogens is 144 g/mol. The molecule has 2 unspecified atom stereocenters. The van der Waals surface area contributed by atoms with Gasteiger partial charge >= 0.3 is 0 Å². The van der Waals surface area contributed by atoms with Crippen molar-refractivity contribution in [2.24, 2.45) is 5.92 Å². The van der Waals surface area contributed by atoms with Gasteiger partial charge in [0.25, 0.3) is 0 Å². The largest absolute Gasteiger partial charge is 0.390 e. The van der Waals surface area contributed by atoms with Gasteiger partial charge in [-0.2, -0.15) is 0 Å². The van der Waals surface area contributed by atoms with Crippen LogP contribution in [0.25, 0.3) is 0 Å². The minimum Gasteiger partial charge on any atom is -0.390 e. The maximum Gasteiger partial charge on any atom is 0.106 e. The second kappa shape index (κ2) is 3.09. The second-order valence-electron chi connectivity index (χ2n) is 3.39. The fourth-order valence-corrected chi connectivity index (χ4v) is 1.41. The van der Waals surface area contributed by atoms with E-state index in [-0.39, 0.29) is 18.1 Å². The van der Waals surface area contributed by atoms with E-state index in [9.17, 15) is 10.2 Å². The molecule has 0 aromatic heterocycles. The van der Waals surface area contributed by atoms with Crippen LogP contribution in [0.1, 0.15) is 20.8 Å². The average molecular weight is 160 g/mol. The van der Waals surface area contributed by atoms with Crippen LogP contribution in [-0.2, 0) is 4.74 Å². The molecule has 5 atom stereocenters. The van der Waals surface area contributed by atoms with Gasteiger partial charge in [0.2, 0.25) is 0 Å². The summed E-state index contributed by atoms with van der Waals surface area (Å²) in [6.45, 7) is 5.57. The van der Waals surface area contributed by atoms with Crippen molar-refractivity contribution in [3.63, 3.8) is 0 Å². The first-order valence-electron chi connectivity index (χ1n) is 4.05. The van der Waals surface area contributed by atoms with Gasteiger partial charge in [-0.25, -0.2) is 0 Å². The van der Waals surface area contributed by atoms with E-state index in [2.05, 4.69) is 0 Å². The highest BCUT2D eigenvalue weighted by atomic mass is 16.5. The van der Waals surface area contributed by atoms with Crippen LogP contribution in [-0.4, -0.2) is 34.6 Å². The van der Waals surface area contributed by atoms with E-state index < -0.39 is 12.2 Å². The van der Waals surface area contributed by atoms with Crippen molar-refractivity contribution >= 4 is 0 Å². The van der Waals surface area contributed by atoms with Crippen LogP contribution >= 0.6 is 0 Å². The third-order valence-electron chi connectivity index (χ3n) is 2.54. The topological polar surface area (TPSA) is 49.7 Å². The summed E-state index contributed by atoms with van der Waals surface area (Å²) in [5, 5.41) is 18.8. The van der Waals surface area contributed by atoms with Crippen LogP contribution in [0.3, 0.4) is 0 Å². The van der Waals surface area contributed by atoms with Gasteiger partial charge in [-0.05, 0) is 13.8 Å². The van der Waals surface area contributed by atoms with Gasteiger partial charge in [0.05, 0.1) is 18.3 Å². The average Bonchev–Trinajstić information content (AvgIpc) is 1.97. The summed E-state index contributed by atoms with van der Waals surface area (Å²) >= 11 is 0. The van der Waals surface area contributed by atoms with Gasteiger partial charge in [-0.1, -0.05) is 6.92 Å². The molecule has 1 rings (SSSR count). The number of hydrogen-bond donors (Lipinski definition) is 2. The van der Waals surface area contributed by atoms with E-state index in [0.29, 0.717) is 0 Å². The molecular formula is C8H16O3.